The number of imidazole rings is 1. The number of methoxy groups -OCH3 is 1. The summed E-state index contributed by atoms with van der Waals surface area (Å²) in [6.07, 6.45) is 6.99. The van der Waals surface area contributed by atoms with Crippen molar-refractivity contribution in [2.75, 3.05) is 37.6 Å². The summed E-state index contributed by atoms with van der Waals surface area (Å²) in [6.45, 7) is 3.89. The standard InChI is InChI=1S/C11H21N3OS/c1-10(9-16-3)14-7-6-13-11(14)12-5-4-8-15-2/h6-7,10H,4-5,8-9H2,1-3H3,(H,12,13). The van der Waals surface area contributed by atoms with Crippen LogP contribution in [0.15, 0.2) is 12.4 Å². The minimum absolute atomic E-state index is 0.474. The first-order chi connectivity index (χ1) is 7.79. The lowest BCUT2D eigenvalue weighted by Gasteiger charge is -2.15. The Bertz CT molecular complexity index is 291. The van der Waals surface area contributed by atoms with Gasteiger partial charge in [0.05, 0.1) is 0 Å². The van der Waals surface area contributed by atoms with Crippen LogP contribution in [-0.2, 0) is 4.74 Å². The maximum Gasteiger partial charge on any atom is 0.203 e. The molecule has 92 valence electrons. The molecule has 0 amide bonds. The van der Waals surface area contributed by atoms with Crippen molar-refractivity contribution in [1.82, 2.24) is 9.55 Å². The van der Waals surface area contributed by atoms with Gasteiger partial charge in [-0.3, -0.25) is 0 Å². The van der Waals surface area contributed by atoms with Crippen molar-refractivity contribution < 1.29 is 4.74 Å². The lowest BCUT2D eigenvalue weighted by molar-refractivity contribution is 0.197. The second-order valence-corrected chi connectivity index (χ2v) is 4.65. The van der Waals surface area contributed by atoms with Crippen molar-refractivity contribution in [2.45, 2.75) is 19.4 Å². The Balaban J connectivity index is 2.43. The van der Waals surface area contributed by atoms with Gasteiger partial charge in [-0.25, -0.2) is 4.98 Å². The summed E-state index contributed by atoms with van der Waals surface area (Å²) >= 11 is 1.85. The molecule has 4 nitrogen and oxygen atoms in total. The van der Waals surface area contributed by atoms with Gasteiger partial charge in [-0.2, -0.15) is 11.8 Å². The Hall–Kier alpha value is -0.680. The first-order valence-electron chi connectivity index (χ1n) is 5.54. The summed E-state index contributed by atoms with van der Waals surface area (Å²) in [4.78, 5) is 4.32. The molecule has 16 heavy (non-hydrogen) atoms. The van der Waals surface area contributed by atoms with Crippen molar-refractivity contribution in [3.63, 3.8) is 0 Å². The lowest BCUT2D eigenvalue weighted by atomic mass is 10.4. The second kappa shape index (κ2) is 7.57. The highest BCUT2D eigenvalue weighted by molar-refractivity contribution is 7.98. The molecule has 0 aliphatic rings. The fourth-order valence-corrected chi connectivity index (χ4v) is 2.19. The van der Waals surface area contributed by atoms with Gasteiger partial charge in [-0.05, 0) is 19.6 Å². The Labute approximate surface area is 102 Å². The third-order valence-electron chi connectivity index (χ3n) is 2.36. The topological polar surface area (TPSA) is 39.1 Å². The minimum atomic E-state index is 0.474. The predicted molar refractivity (Wildman–Crippen MR) is 70.3 cm³/mol. The van der Waals surface area contributed by atoms with E-state index in [0.29, 0.717) is 6.04 Å². The SMILES string of the molecule is COCCCNc1nccn1C(C)CSC. The predicted octanol–water partition coefficient (Wildman–Crippen LogP) is 2.26. The van der Waals surface area contributed by atoms with Crippen LogP contribution in [0.3, 0.4) is 0 Å². The van der Waals surface area contributed by atoms with Crippen molar-refractivity contribution in [3.05, 3.63) is 12.4 Å². The average molecular weight is 243 g/mol. The van der Waals surface area contributed by atoms with Gasteiger partial charge >= 0.3 is 0 Å². The van der Waals surface area contributed by atoms with Crippen molar-refractivity contribution in [2.24, 2.45) is 0 Å². The number of ether oxygens (including phenoxy) is 1. The first-order valence-corrected chi connectivity index (χ1v) is 6.93. The smallest absolute Gasteiger partial charge is 0.203 e. The van der Waals surface area contributed by atoms with Crippen LogP contribution in [0.5, 0.6) is 0 Å². The highest BCUT2D eigenvalue weighted by atomic mass is 32.2. The van der Waals surface area contributed by atoms with Crippen molar-refractivity contribution in [1.29, 1.82) is 0 Å². The molecule has 1 aromatic heterocycles. The highest BCUT2D eigenvalue weighted by Crippen LogP contribution is 2.16. The van der Waals surface area contributed by atoms with Gasteiger partial charge in [0.15, 0.2) is 0 Å². The van der Waals surface area contributed by atoms with E-state index in [1.807, 2.05) is 24.2 Å². The van der Waals surface area contributed by atoms with Crippen LogP contribution >= 0.6 is 11.8 Å². The van der Waals surface area contributed by atoms with E-state index in [2.05, 4.69) is 28.0 Å². The third kappa shape index (κ3) is 4.06. The quantitative estimate of drug-likeness (QED) is 0.711. The molecule has 1 atom stereocenters. The number of hydrogen-bond acceptors (Lipinski definition) is 4. The van der Waals surface area contributed by atoms with Gasteiger partial charge < -0.3 is 14.6 Å². The summed E-state index contributed by atoms with van der Waals surface area (Å²) < 4.78 is 7.19. The molecule has 0 aliphatic heterocycles. The number of hydrogen-bond donors (Lipinski definition) is 1. The molecule has 5 heteroatoms. The van der Waals surface area contributed by atoms with Crippen molar-refractivity contribution in [3.8, 4) is 0 Å². The van der Waals surface area contributed by atoms with Crippen LogP contribution in [0.25, 0.3) is 0 Å². The molecule has 1 rings (SSSR count). The van der Waals surface area contributed by atoms with E-state index in [0.717, 1.165) is 31.3 Å². The molecule has 0 spiro atoms. The number of rotatable bonds is 8. The van der Waals surface area contributed by atoms with Crippen LogP contribution in [0.1, 0.15) is 19.4 Å². The second-order valence-electron chi connectivity index (χ2n) is 3.74. The van der Waals surface area contributed by atoms with Crippen LogP contribution < -0.4 is 5.32 Å². The molecule has 0 bridgehead atoms. The molecular weight excluding hydrogens is 222 g/mol. The molecule has 0 fully saturated rings. The van der Waals surface area contributed by atoms with E-state index in [1.54, 1.807) is 7.11 Å². The average Bonchev–Trinajstić information content (AvgIpc) is 2.73. The molecule has 0 radical (unpaired) electrons. The number of nitrogens with zero attached hydrogens (tertiary/aromatic N) is 2. The maximum absolute atomic E-state index is 5.01. The third-order valence-corrected chi connectivity index (χ3v) is 3.18. The monoisotopic (exact) mass is 243 g/mol. The summed E-state index contributed by atoms with van der Waals surface area (Å²) in [5.41, 5.74) is 0. The molecule has 0 saturated heterocycles. The zero-order valence-electron chi connectivity index (χ0n) is 10.3. The van der Waals surface area contributed by atoms with E-state index in [9.17, 15) is 0 Å². The first kappa shape index (κ1) is 13.4. The van der Waals surface area contributed by atoms with Gasteiger partial charge in [-0.1, -0.05) is 0 Å². The molecule has 1 heterocycles. The number of thioether (sulfide) groups is 1. The minimum Gasteiger partial charge on any atom is -0.385 e. The zero-order valence-corrected chi connectivity index (χ0v) is 11.1. The van der Waals surface area contributed by atoms with Gasteiger partial charge in [0.25, 0.3) is 0 Å². The largest absolute Gasteiger partial charge is 0.385 e. The van der Waals surface area contributed by atoms with Crippen LogP contribution in [0.4, 0.5) is 5.95 Å². The molecule has 1 unspecified atom stereocenters. The lowest BCUT2D eigenvalue weighted by Crippen LogP contribution is -2.14. The molecule has 0 saturated carbocycles. The van der Waals surface area contributed by atoms with Gasteiger partial charge in [0.2, 0.25) is 5.95 Å². The summed E-state index contributed by atoms with van der Waals surface area (Å²) in [7, 11) is 1.72. The number of nitrogens with one attached hydrogen (secondary N) is 1. The van der Waals surface area contributed by atoms with Crippen molar-refractivity contribution >= 4 is 17.7 Å². The van der Waals surface area contributed by atoms with Gasteiger partial charge in [0, 0.05) is 44.4 Å². The van der Waals surface area contributed by atoms with E-state index in [4.69, 9.17) is 4.74 Å². The van der Waals surface area contributed by atoms with E-state index >= 15 is 0 Å². The summed E-state index contributed by atoms with van der Waals surface area (Å²) in [6, 6.07) is 0.474. The van der Waals surface area contributed by atoms with Gasteiger partial charge in [0.1, 0.15) is 0 Å². The molecule has 1 aromatic rings. The molecule has 1 N–H and O–H groups in total. The van der Waals surface area contributed by atoms with E-state index in [1.165, 1.54) is 0 Å². The Kier molecular flexibility index (Phi) is 6.33. The summed E-state index contributed by atoms with van der Waals surface area (Å²) in [5, 5.41) is 3.33. The molecular formula is C11H21N3OS. The Morgan fingerprint density at radius 2 is 2.44 bits per heavy atom. The Morgan fingerprint density at radius 3 is 3.12 bits per heavy atom. The van der Waals surface area contributed by atoms with Crippen LogP contribution in [-0.4, -0.2) is 41.8 Å². The fourth-order valence-electron chi connectivity index (χ4n) is 1.54. The maximum atomic E-state index is 5.01. The Morgan fingerprint density at radius 1 is 1.62 bits per heavy atom. The number of anilines is 1. The summed E-state index contributed by atoms with van der Waals surface area (Å²) in [5.74, 6) is 2.06. The fraction of sp³-hybridized carbons (Fsp3) is 0.727. The van der Waals surface area contributed by atoms with E-state index < -0.39 is 0 Å². The molecule has 0 aliphatic carbocycles. The zero-order chi connectivity index (χ0) is 11.8. The van der Waals surface area contributed by atoms with Crippen LogP contribution in [0.2, 0.25) is 0 Å². The van der Waals surface area contributed by atoms with Crippen LogP contribution in [0, 0.1) is 0 Å². The molecule has 0 aromatic carbocycles. The highest BCUT2D eigenvalue weighted by Gasteiger charge is 2.08. The van der Waals surface area contributed by atoms with E-state index in [-0.39, 0.29) is 0 Å². The normalized spacial score (nSPS) is 12.7. The van der Waals surface area contributed by atoms with Gasteiger partial charge in [-0.15, -0.1) is 0 Å². The number of aromatic nitrogens is 2.